The highest BCUT2D eigenvalue weighted by Crippen LogP contribution is 2.13. The van der Waals surface area contributed by atoms with Crippen LogP contribution in [0.1, 0.15) is 94.3 Å². The van der Waals surface area contributed by atoms with Gasteiger partial charge in [-0.1, -0.05) is 102 Å². The van der Waals surface area contributed by atoms with Gasteiger partial charge in [-0.25, -0.2) is 0 Å². The Kier molecular flexibility index (Phi) is 12.7. The van der Waals surface area contributed by atoms with Crippen LogP contribution in [0.3, 0.4) is 0 Å². The van der Waals surface area contributed by atoms with E-state index in [1.54, 1.807) is 0 Å². The van der Waals surface area contributed by atoms with E-state index in [9.17, 15) is 4.79 Å². The van der Waals surface area contributed by atoms with Crippen molar-refractivity contribution in [2.75, 3.05) is 0 Å². The lowest BCUT2D eigenvalue weighted by Gasteiger charge is -2.14. The van der Waals surface area contributed by atoms with E-state index in [1.807, 2.05) is 36.4 Å². The first-order valence-electron chi connectivity index (χ1n) is 10.3. The van der Waals surface area contributed by atoms with Gasteiger partial charge in [0.2, 0.25) is 0 Å². The van der Waals surface area contributed by atoms with Crippen molar-refractivity contribution in [2.24, 2.45) is 0 Å². The van der Waals surface area contributed by atoms with Crippen molar-refractivity contribution in [3.05, 3.63) is 48.6 Å². The Labute approximate surface area is 155 Å². The van der Waals surface area contributed by atoms with Crippen LogP contribution in [-0.4, -0.2) is 11.9 Å². The molecule has 0 saturated heterocycles. The molecule has 25 heavy (non-hydrogen) atoms. The van der Waals surface area contributed by atoms with Gasteiger partial charge in [0.15, 0.2) is 0 Å². The maximum atomic E-state index is 12.2. The van der Waals surface area contributed by atoms with Gasteiger partial charge in [-0.05, 0) is 18.6 Å². The fraction of sp³-hybridized carbons (Fsp3) is 0.609. The molecule has 2 nitrogen and oxygen atoms in total. The smallest absolute Gasteiger partial charge is 0.251 e. The molecule has 0 aliphatic heterocycles. The molecular formula is C23H37NO. The molecule has 140 valence electrons. The van der Waals surface area contributed by atoms with Gasteiger partial charge in [-0.15, -0.1) is 6.58 Å². The van der Waals surface area contributed by atoms with Crippen LogP contribution in [0.25, 0.3) is 0 Å². The van der Waals surface area contributed by atoms with Crippen molar-refractivity contribution in [1.82, 2.24) is 5.32 Å². The monoisotopic (exact) mass is 343 g/mol. The topological polar surface area (TPSA) is 29.1 Å². The predicted octanol–water partition coefficient (Wildman–Crippen LogP) is 6.67. The third-order valence-electron chi connectivity index (χ3n) is 4.76. The van der Waals surface area contributed by atoms with Gasteiger partial charge in [0.25, 0.3) is 5.91 Å². The van der Waals surface area contributed by atoms with Crippen molar-refractivity contribution in [1.29, 1.82) is 0 Å². The highest BCUT2D eigenvalue weighted by Gasteiger charge is 2.10. The Bertz CT molecular complexity index is 454. The van der Waals surface area contributed by atoms with Crippen LogP contribution in [-0.2, 0) is 0 Å². The van der Waals surface area contributed by atoms with Crippen LogP contribution >= 0.6 is 0 Å². The minimum atomic E-state index is -0.00595. The van der Waals surface area contributed by atoms with E-state index in [4.69, 9.17) is 0 Å². The molecule has 1 rings (SSSR count). The van der Waals surface area contributed by atoms with Crippen LogP contribution < -0.4 is 5.32 Å². The number of hydrogen-bond donors (Lipinski definition) is 1. The van der Waals surface area contributed by atoms with Crippen LogP contribution in [0.2, 0.25) is 0 Å². The Balaban J connectivity index is 2.02. The molecule has 0 fully saturated rings. The van der Waals surface area contributed by atoms with Gasteiger partial charge in [0.05, 0.1) is 0 Å². The molecule has 1 aromatic rings. The van der Waals surface area contributed by atoms with Crippen LogP contribution in [0.4, 0.5) is 0 Å². The molecule has 2 heteroatoms. The molecular weight excluding hydrogens is 306 g/mol. The minimum Gasteiger partial charge on any atom is -0.346 e. The molecule has 0 aliphatic carbocycles. The lowest BCUT2D eigenvalue weighted by atomic mass is 10.0. The number of nitrogens with one attached hydrogen (secondary N) is 1. The zero-order chi connectivity index (χ0) is 18.2. The lowest BCUT2D eigenvalue weighted by molar-refractivity contribution is 0.0942. The van der Waals surface area contributed by atoms with E-state index in [-0.39, 0.29) is 11.9 Å². The van der Waals surface area contributed by atoms with E-state index in [1.165, 1.54) is 64.2 Å². The van der Waals surface area contributed by atoms with Crippen molar-refractivity contribution in [2.45, 2.75) is 90.0 Å². The van der Waals surface area contributed by atoms with Gasteiger partial charge in [-0.3, -0.25) is 4.79 Å². The average molecular weight is 344 g/mol. The minimum absolute atomic E-state index is 0.00595. The molecule has 1 unspecified atom stereocenters. The second kappa shape index (κ2) is 14.7. The van der Waals surface area contributed by atoms with Crippen molar-refractivity contribution >= 4 is 5.91 Å². The molecule has 0 aliphatic rings. The summed E-state index contributed by atoms with van der Waals surface area (Å²) in [6.07, 6.45) is 17.6. The zero-order valence-corrected chi connectivity index (χ0v) is 16.1. The van der Waals surface area contributed by atoms with Crippen molar-refractivity contribution in [3.8, 4) is 0 Å². The lowest BCUT2D eigenvalue weighted by Crippen LogP contribution is -2.33. The third kappa shape index (κ3) is 10.8. The summed E-state index contributed by atoms with van der Waals surface area (Å²) in [5.74, 6) is -0.00595. The van der Waals surface area contributed by atoms with E-state index in [0.717, 1.165) is 12.8 Å². The standard InChI is InChI=1S/C23H37NO/c1-3-5-6-7-8-9-10-11-12-13-17-20-22(4-2)24-23(25)21-18-15-14-16-19-21/h4,14-16,18-19,22H,2-3,5-13,17,20H2,1H3,(H,24,25). The summed E-state index contributed by atoms with van der Waals surface area (Å²) in [5.41, 5.74) is 0.716. The van der Waals surface area contributed by atoms with Crippen molar-refractivity contribution < 1.29 is 4.79 Å². The summed E-state index contributed by atoms with van der Waals surface area (Å²) >= 11 is 0. The Morgan fingerprint density at radius 1 is 0.920 bits per heavy atom. The second-order valence-electron chi connectivity index (χ2n) is 7.01. The molecule has 0 heterocycles. The molecule has 1 aromatic carbocycles. The molecule has 1 N–H and O–H groups in total. The average Bonchev–Trinajstić information content (AvgIpc) is 2.65. The first-order valence-corrected chi connectivity index (χ1v) is 10.3. The number of rotatable bonds is 15. The highest BCUT2D eigenvalue weighted by atomic mass is 16.1. The fourth-order valence-electron chi connectivity index (χ4n) is 3.12. The molecule has 0 radical (unpaired) electrons. The molecule has 0 saturated carbocycles. The van der Waals surface area contributed by atoms with Gasteiger partial charge >= 0.3 is 0 Å². The largest absolute Gasteiger partial charge is 0.346 e. The SMILES string of the molecule is C=CC(CCCCCCCCCCCCC)NC(=O)c1ccccc1. The molecule has 0 aromatic heterocycles. The number of benzene rings is 1. The summed E-state index contributed by atoms with van der Waals surface area (Å²) in [7, 11) is 0. The molecule has 0 bridgehead atoms. The maximum Gasteiger partial charge on any atom is 0.251 e. The Hall–Kier alpha value is -1.57. The first kappa shape index (κ1) is 21.5. The number of hydrogen-bond acceptors (Lipinski definition) is 1. The van der Waals surface area contributed by atoms with E-state index in [2.05, 4.69) is 18.8 Å². The van der Waals surface area contributed by atoms with E-state index >= 15 is 0 Å². The van der Waals surface area contributed by atoms with Gasteiger partial charge in [0.1, 0.15) is 0 Å². The molecule has 0 spiro atoms. The summed E-state index contributed by atoms with van der Waals surface area (Å²) in [6.45, 7) is 6.13. The number of carbonyl (C=O) groups is 1. The van der Waals surface area contributed by atoms with E-state index in [0.29, 0.717) is 5.56 Å². The van der Waals surface area contributed by atoms with E-state index < -0.39 is 0 Å². The van der Waals surface area contributed by atoms with Gasteiger partial charge < -0.3 is 5.32 Å². The summed E-state index contributed by atoms with van der Waals surface area (Å²) < 4.78 is 0. The number of unbranched alkanes of at least 4 members (excludes halogenated alkanes) is 10. The molecule has 1 atom stereocenters. The number of carbonyl (C=O) groups excluding carboxylic acids is 1. The van der Waals surface area contributed by atoms with Gasteiger partial charge in [0, 0.05) is 11.6 Å². The zero-order valence-electron chi connectivity index (χ0n) is 16.1. The van der Waals surface area contributed by atoms with Crippen LogP contribution in [0.5, 0.6) is 0 Å². The first-order chi connectivity index (χ1) is 12.3. The maximum absolute atomic E-state index is 12.2. The third-order valence-corrected chi connectivity index (χ3v) is 4.76. The van der Waals surface area contributed by atoms with Crippen LogP contribution in [0, 0.1) is 0 Å². The molecule has 1 amide bonds. The quantitative estimate of drug-likeness (QED) is 0.279. The highest BCUT2D eigenvalue weighted by molar-refractivity contribution is 5.94. The van der Waals surface area contributed by atoms with Crippen molar-refractivity contribution in [3.63, 3.8) is 0 Å². The number of amides is 1. The predicted molar refractivity (Wildman–Crippen MR) is 109 cm³/mol. The Morgan fingerprint density at radius 3 is 1.96 bits per heavy atom. The summed E-state index contributed by atoms with van der Waals surface area (Å²) in [6, 6.07) is 9.47. The second-order valence-corrected chi connectivity index (χ2v) is 7.01. The Morgan fingerprint density at radius 2 is 1.44 bits per heavy atom. The van der Waals surface area contributed by atoms with Gasteiger partial charge in [-0.2, -0.15) is 0 Å². The normalized spacial score (nSPS) is 11.9. The van der Waals surface area contributed by atoms with Crippen LogP contribution in [0.15, 0.2) is 43.0 Å². The summed E-state index contributed by atoms with van der Waals surface area (Å²) in [4.78, 5) is 12.2. The fourth-order valence-corrected chi connectivity index (χ4v) is 3.12. The summed E-state index contributed by atoms with van der Waals surface area (Å²) in [5, 5.41) is 3.06.